The molecule has 1 aromatic rings. The standard InChI is InChI=1S/C9H9N3O/c1-6(9(11)13)8-7(5-10)3-2-4-12-8/h2-4,6H,1H3,(H2,11,13). The van der Waals surface area contributed by atoms with E-state index in [1.165, 1.54) is 6.20 Å². The van der Waals surface area contributed by atoms with Crippen molar-refractivity contribution in [2.45, 2.75) is 12.8 Å². The van der Waals surface area contributed by atoms with Crippen LogP contribution in [-0.4, -0.2) is 10.9 Å². The summed E-state index contributed by atoms with van der Waals surface area (Å²) in [5.41, 5.74) is 5.94. The van der Waals surface area contributed by atoms with E-state index in [1.54, 1.807) is 19.1 Å². The van der Waals surface area contributed by atoms with Gasteiger partial charge in [0.2, 0.25) is 5.91 Å². The molecule has 1 heterocycles. The topological polar surface area (TPSA) is 79.8 Å². The first-order chi connectivity index (χ1) is 6.16. The highest BCUT2D eigenvalue weighted by molar-refractivity contribution is 5.81. The quantitative estimate of drug-likeness (QED) is 0.712. The number of pyridine rings is 1. The van der Waals surface area contributed by atoms with Crippen LogP contribution in [0.2, 0.25) is 0 Å². The Morgan fingerprint density at radius 3 is 3.00 bits per heavy atom. The van der Waals surface area contributed by atoms with E-state index in [-0.39, 0.29) is 0 Å². The van der Waals surface area contributed by atoms with Crippen LogP contribution >= 0.6 is 0 Å². The number of carbonyl (C=O) groups is 1. The van der Waals surface area contributed by atoms with Gasteiger partial charge in [0.15, 0.2) is 0 Å². The molecule has 1 aromatic heterocycles. The van der Waals surface area contributed by atoms with Gasteiger partial charge in [0.1, 0.15) is 6.07 Å². The largest absolute Gasteiger partial charge is 0.369 e. The highest BCUT2D eigenvalue weighted by Crippen LogP contribution is 2.15. The smallest absolute Gasteiger partial charge is 0.226 e. The number of aromatic nitrogens is 1. The molecular formula is C9H9N3O. The minimum absolute atomic E-state index is 0.397. The maximum absolute atomic E-state index is 10.8. The summed E-state index contributed by atoms with van der Waals surface area (Å²) in [5.74, 6) is -0.994. The number of amides is 1. The van der Waals surface area contributed by atoms with Gasteiger partial charge in [0.25, 0.3) is 0 Å². The molecule has 4 nitrogen and oxygen atoms in total. The fourth-order valence-electron chi connectivity index (χ4n) is 0.992. The minimum Gasteiger partial charge on any atom is -0.369 e. The molecule has 66 valence electrons. The molecule has 0 saturated heterocycles. The Kier molecular flexibility index (Phi) is 2.60. The van der Waals surface area contributed by atoms with Gasteiger partial charge < -0.3 is 5.73 Å². The molecule has 0 bridgehead atoms. The van der Waals surface area contributed by atoms with E-state index < -0.39 is 11.8 Å². The molecule has 0 radical (unpaired) electrons. The van der Waals surface area contributed by atoms with Crippen LogP contribution in [0.1, 0.15) is 24.1 Å². The van der Waals surface area contributed by atoms with E-state index >= 15 is 0 Å². The Balaban J connectivity index is 3.15. The molecule has 13 heavy (non-hydrogen) atoms. The van der Waals surface area contributed by atoms with Crippen molar-refractivity contribution in [1.82, 2.24) is 4.98 Å². The third kappa shape index (κ3) is 1.82. The number of nitriles is 1. The SMILES string of the molecule is CC(C(N)=O)c1ncccc1C#N. The lowest BCUT2D eigenvalue weighted by Crippen LogP contribution is -2.20. The zero-order valence-corrected chi connectivity index (χ0v) is 7.19. The summed E-state index contributed by atoms with van der Waals surface area (Å²) in [6, 6.07) is 5.22. The highest BCUT2D eigenvalue weighted by atomic mass is 16.1. The average Bonchev–Trinajstić information content (AvgIpc) is 2.16. The third-order valence-electron chi connectivity index (χ3n) is 1.80. The highest BCUT2D eigenvalue weighted by Gasteiger charge is 2.16. The molecular weight excluding hydrogens is 166 g/mol. The van der Waals surface area contributed by atoms with Crippen LogP contribution in [-0.2, 0) is 4.79 Å². The number of nitrogens with two attached hydrogens (primary N) is 1. The molecule has 0 aliphatic carbocycles. The Labute approximate surface area is 76.0 Å². The Hall–Kier alpha value is -1.89. The lowest BCUT2D eigenvalue weighted by atomic mass is 10.0. The molecule has 0 aliphatic rings. The third-order valence-corrected chi connectivity index (χ3v) is 1.80. The molecule has 0 saturated carbocycles. The zero-order chi connectivity index (χ0) is 9.84. The molecule has 0 aromatic carbocycles. The summed E-state index contributed by atoms with van der Waals surface area (Å²) in [6.45, 7) is 1.63. The molecule has 0 aliphatic heterocycles. The zero-order valence-electron chi connectivity index (χ0n) is 7.19. The van der Waals surface area contributed by atoms with E-state index in [0.717, 1.165) is 0 Å². The summed E-state index contributed by atoms with van der Waals surface area (Å²) in [4.78, 5) is 14.8. The van der Waals surface area contributed by atoms with E-state index in [0.29, 0.717) is 11.3 Å². The lowest BCUT2D eigenvalue weighted by Gasteiger charge is -2.06. The van der Waals surface area contributed by atoms with Crippen molar-refractivity contribution in [1.29, 1.82) is 5.26 Å². The van der Waals surface area contributed by atoms with Crippen molar-refractivity contribution in [2.24, 2.45) is 5.73 Å². The van der Waals surface area contributed by atoms with Gasteiger partial charge in [-0.2, -0.15) is 5.26 Å². The van der Waals surface area contributed by atoms with Crippen LogP contribution in [0, 0.1) is 11.3 Å². The van der Waals surface area contributed by atoms with Crippen LogP contribution in [0.5, 0.6) is 0 Å². The first kappa shape index (κ1) is 9.20. The average molecular weight is 175 g/mol. The molecule has 0 spiro atoms. The molecule has 0 fully saturated rings. The number of hydrogen-bond acceptors (Lipinski definition) is 3. The van der Waals surface area contributed by atoms with Crippen LogP contribution in [0.15, 0.2) is 18.3 Å². The minimum atomic E-state index is -0.518. The van der Waals surface area contributed by atoms with Gasteiger partial charge in [-0.15, -0.1) is 0 Å². The summed E-state index contributed by atoms with van der Waals surface area (Å²) in [6.07, 6.45) is 1.54. The van der Waals surface area contributed by atoms with Crippen LogP contribution in [0.3, 0.4) is 0 Å². The molecule has 2 N–H and O–H groups in total. The summed E-state index contributed by atoms with van der Waals surface area (Å²) < 4.78 is 0. The first-order valence-electron chi connectivity index (χ1n) is 3.81. The molecule has 1 amide bonds. The predicted octanol–water partition coefficient (Wildman–Crippen LogP) is 0.542. The second-order valence-corrected chi connectivity index (χ2v) is 2.67. The fraction of sp³-hybridized carbons (Fsp3) is 0.222. The van der Waals surface area contributed by atoms with Gasteiger partial charge in [-0.05, 0) is 19.1 Å². The van der Waals surface area contributed by atoms with Gasteiger partial charge in [0.05, 0.1) is 17.2 Å². The first-order valence-corrected chi connectivity index (χ1v) is 3.81. The van der Waals surface area contributed by atoms with Crippen LogP contribution < -0.4 is 5.73 Å². The Morgan fingerprint density at radius 2 is 2.46 bits per heavy atom. The number of rotatable bonds is 2. The van der Waals surface area contributed by atoms with E-state index in [9.17, 15) is 4.79 Å². The maximum atomic E-state index is 10.8. The van der Waals surface area contributed by atoms with Crippen molar-refractivity contribution in [3.05, 3.63) is 29.6 Å². The monoisotopic (exact) mass is 175 g/mol. The van der Waals surface area contributed by atoms with E-state index in [1.807, 2.05) is 6.07 Å². The summed E-state index contributed by atoms with van der Waals surface area (Å²) in [5, 5.41) is 8.71. The van der Waals surface area contributed by atoms with Crippen LogP contribution in [0.4, 0.5) is 0 Å². The Bertz CT molecular complexity index is 367. The van der Waals surface area contributed by atoms with E-state index in [2.05, 4.69) is 4.98 Å². The van der Waals surface area contributed by atoms with Gasteiger partial charge in [-0.25, -0.2) is 0 Å². The molecule has 1 atom stereocenters. The predicted molar refractivity (Wildman–Crippen MR) is 46.6 cm³/mol. The van der Waals surface area contributed by atoms with Crippen molar-refractivity contribution < 1.29 is 4.79 Å². The van der Waals surface area contributed by atoms with Gasteiger partial charge in [-0.3, -0.25) is 9.78 Å². The Morgan fingerprint density at radius 1 is 1.77 bits per heavy atom. The maximum Gasteiger partial charge on any atom is 0.226 e. The number of primary amides is 1. The number of hydrogen-bond donors (Lipinski definition) is 1. The van der Waals surface area contributed by atoms with E-state index in [4.69, 9.17) is 11.0 Å². The van der Waals surface area contributed by atoms with Gasteiger partial charge in [0, 0.05) is 6.20 Å². The number of carbonyl (C=O) groups excluding carboxylic acids is 1. The van der Waals surface area contributed by atoms with Crippen molar-refractivity contribution in [2.75, 3.05) is 0 Å². The second kappa shape index (κ2) is 3.68. The fourth-order valence-corrected chi connectivity index (χ4v) is 0.992. The van der Waals surface area contributed by atoms with Crippen molar-refractivity contribution in [3.8, 4) is 6.07 Å². The molecule has 1 rings (SSSR count). The second-order valence-electron chi connectivity index (χ2n) is 2.67. The normalized spacial score (nSPS) is 11.7. The summed E-state index contributed by atoms with van der Waals surface area (Å²) >= 11 is 0. The molecule has 4 heteroatoms. The van der Waals surface area contributed by atoms with Gasteiger partial charge in [-0.1, -0.05) is 0 Å². The van der Waals surface area contributed by atoms with Crippen molar-refractivity contribution >= 4 is 5.91 Å². The molecule has 1 unspecified atom stereocenters. The van der Waals surface area contributed by atoms with Gasteiger partial charge >= 0.3 is 0 Å². The lowest BCUT2D eigenvalue weighted by molar-refractivity contribution is -0.119. The number of nitrogens with zero attached hydrogens (tertiary/aromatic N) is 2. The van der Waals surface area contributed by atoms with Crippen molar-refractivity contribution in [3.63, 3.8) is 0 Å². The van der Waals surface area contributed by atoms with Crippen LogP contribution in [0.25, 0.3) is 0 Å². The summed E-state index contributed by atoms with van der Waals surface area (Å²) in [7, 11) is 0.